The predicted molar refractivity (Wildman–Crippen MR) is 55.7 cm³/mol. The van der Waals surface area contributed by atoms with E-state index in [2.05, 4.69) is 35.6 Å². The SMILES string of the molecule is c1ccc(P[C@H]2CCNC2)cc1. The Hall–Kier alpha value is -0.390. The maximum Gasteiger partial charge on any atom is 0.00200 e. The number of nitrogens with one attached hydrogen (secondary N) is 1. The molecule has 12 heavy (non-hydrogen) atoms. The molecule has 2 heteroatoms. The van der Waals surface area contributed by atoms with Crippen LogP contribution < -0.4 is 10.6 Å². The molecule has 1 fully saturated rings. The molecule has 1 aliphatic rings. The van der Waals surface area contributed by atoms with Crippen LogP contribution in [0.25, 0.3) is 0 Å². The van der Waals surface area contributed by atoms with Crippen molar-refractivity contribution in [2.75, 3.05) is 13.1 Å². The molecule has 0 bridgehead atoms. The average Bonchev–Trinajstić information content (AvgIpc) is 2.59. The van der Waals surface area contributed by atoms with Crippen LogP contribution >= 0.6 is 8.58 Å². The smallest absolute Gasteiger partial charge is 0.00200 e. The zero-order chi connectivity index (χ0) is 8.23. The highest BCUT2D eigenvalue weighted by molar-refractivity contribution is 7.48. The Morgan fingerprint density at radius 1 is 1.25 bits per heavy atom. The topological polar surface area (TPSA) is 12.0 Å². The normalized spacial score (nSPS) is 23.8. The largest absolute Gasteiger partial charge is 0.316 e. The molecule has 0 saturated carbocycles. The lowest BCUT2D eigenvalue weighted by atomic mass is 10.4. The van der Waals surface area contributed by atoms with Crippen molar-refractivity contribution in [3.8, 4) is 0 Å². The van der Waals surface area contributed by atoms with Crippen LogP contribution in [-0.2, 0) is 0 Å². The van der Waals surface area contributed by atoms with Gasteiger partial charge in [0, 0.05) is 6.54 Å². The Morgan fingerprint density at radius 3 is 2.75 bits per heavy atom. The van der Waals surface area contributed by atoms with Crippen molar-refractivity contribution in [1.29, 1.82) is 0 Å². The van der Waals surface area contributed by atoms with Crippen molar-refractivity contribution >= 4 is 13.9 Å². The number of hydrogen-bond acceptors (Lipinski definition) is 1. The summed E-state index contributed by atoms with van der Waals surface area (Å²) in [6.45, 7) is 2.43. The van der Waals surface area contributed by atoms with Crippen molar-refractivity contribution < 1.29 is 0 Å². The van der Waals surface area contributed by atoms with E-state index >= 15 is 0 Å². The Morgan fingerprint density at radius 2 is 2.08 bits per heavy atom. The van der Waals surface area contributed by atoms with Gasteiger partial charge in [-0.3, -0.25) is 0 Å². The zero-order valence-corrected chi connectivity index (χ0v) is 8.09. The fourth-order valence-corrected chi connectivity index (χ4v) is 2.94. The van der Waals surface area contributed by atoms with Crippen LogP contribution in [0.15, 0.2) is 30.3 Å². The first-order valence-corrected chi connectivity index (χ1v) is 5.55. The quantitative estimate of drug-likeness (QED) is 0.676. The molecule has 1 unspecified atom stereocenters. The minimum Gasteiger partial charge on any atom is -0.316 e. The Balaban J connectivity index is 1.94. The summed E-state index contributed by atoms with van der Waals surface area (Å²) in [5.74, 6) is 0. The van der Waals surface area contributed by atoms with Crippen molar-refractivity contribution in [1.82, 2.24) is 5.32 Å². The first-order chi connectivity index (χ1) is 5.95. The van der Waals surface area contributed by atoms with Crippen molar-refractivity contribution in [2.24, 2.45) is 0 Å². The van der Waals surface area contributed by atoms with Crippen LogP contribution in [0.5, 0.6) is 0 Å². The minimum absolute atomic E-state index is 0.896. The van der Waals surface area contributed by atoms with Crippen molar-refractivity contribution in [3.05, 3.63) is 30.3 Å². The van der Waals surface area contributed by atoms with E-state index in [1.54, 1.807) is 0 Å². The zero-order valence-electron chi connectivity index (χ0n) is 7.09. The second-order valence-corrected chi connectivity index (χ2v) is 4.88. The van der Waals surface area contributed by atoms with Crippen LogP contribution in [0.2, 0.25) is 0 Å². The Bertz CT molecular complexity index is 229. The summed E-state index contributed by atoms with van der Waals surface area (Å²) in [5, 5.41) is 4.91. The standard InChI is InChI=1S/C10H14NP/c1-2-4-9(5-3-1)12-10-6-7-11-8-10/h1-5,10-12H,6-8H2/t10-/m0/s1. The van der Waals surface area contributed by atoms with Gasteiger partial charge < -0.3 is 5.32 Å². The van der Waals surface area contributed by atoms with E-state index in [4.69, 9.17) is 0 Å². The van der Waals surface area contributed by atoms with Gasteiger partial charge >= 0.3 is 0 Å². The lowest BCUT2D eigenvalue weighted by molar-refractivity contribution is 0.858. The molecular weight excluding hydrogens is 165 g/mol. The van der Waals surface area contributed by atoms with E-state index in [1.807, 2.05) is 0 Å². The minimum atomic E-state index is 0.896. The molecule has 0 radical (unpaired) electrons. The summed E-state index contributed by atoms with van der Waals surface area (Å²) in [4.78, 5) is 0. The van der Waals surface area contributed by atoms with E-state index in [0.717, 1.165) is 14.2 Å². The highest BCUT2D eigenvalue weighted by Crippen LogP contribution is 2.22. The molecular formula is C10H14NP. The lowest BCUT2D eigenvalue weighted by Crippen LogP contribution is -2.11. The van der Waals surface area contributed by atoms with E-state index in [-0.39, 0.29) is 0 Å². The second-order valence-electron chi connectivity index (χ2n) is 3.20. The van der Waals surface area contributed by atoms with Gasteiger partial charge in [-0.05, 0) is 23.9 Å². The second kappa shape index (κ2) is 4.02. The van der Waals surface area contributed by atoms with Gasteiger partial charge in [0.15, 0.2) is 0 Å². The van der Waals surface area contributed by atoms with Gasteiger partial charge in [-0.15, -0.1) is 0 Å². The van der Waals surface area contributed by atoms with Crippen LogP contribution in [0.4, 0.5) is 0 Å². The highest BCUT2D eigenvalue weighted by atomic mass is 31.1. The predicted octanol–water partition coefficient (Wildman–Crippen LogP) is 1.35. The molecule has 1 N–H and O–H groups in total. The fraction of sp³-hybridized carbons (Fsp3) is 0.400. The van der Waals surface area contributed by atoms with Gasteiger partial charge in [-0.2, -0.15) is 0 Å². The third kappa shape index (κ3) is 2.06. The lowest BCUT2D eigenvalue weighted by Gasteiger charge is -2.07. The third-order valence-electron chi connectivity index (χ3n) is 2.20. The number of rotatable bonds is 2. The molecule has 2 rings (SSSR count). The molecule has 1 heterocycles. The molecule has 0 aromatic heterocycles. The van der Waals surface area contributed by atoms with Crippen molar-refractivity contribution in [2.45, 2.75) is 12.1 Å². The van der Waals surface area contributed by atoms with Crippen molar-refractivity contribution in [3.63, 3.8) is 0 Å². The van der Waals surface area contributed by atoms with Crippen LogP contribution in [-0.4, -0.2) is 18.7 Å². The van der Waals surface area contributed by atoms with E-state index < -0.39 is 0 Å². The molecule has 1 saturated heterocycles. The summed E-state index contributed by atoms with van der Waals surface area (Å²) < 4.78 is 0. The third-order valence-corrected chi connectivity index (χ3v) is 3.77. The molecule has 1 nitrogen and oxygen atoms in total. The molecule has 2 atom stereocenters. The van der Waals surface area contributed by atoms with Gasteiger partial charge in [-0.1, -0.05) is 38.9 Å². The van der Waals surface area contributed by atoms with E-state index in [0.29, 0.717) is 0 Å². The number of benzene rings is 1. The molecule has 64 valence electrons. The first kappa shape index (κ1) is 8.22. The average molecular weight is 179 g/mol. The van der Waals surface area contributed by atoms with Crippen LogP contribution in [0.1, 0.15) is 6.42 Å². The Labute approximate surface area is 75.3 Å². The summed E-state index contributed by atoms with van der Waals surface area (Å²) >= 11 is 0. The Kier molecular flexibility index (Phi) is 2.75. The fourth-order valence-electron chi connectivity index (χ4n) is 1.55. The monoisotopic (exact) mass is 179 g/mol. The van der Waals surface area contributed by atoms with Crippen LogP contribution in [0.3, 0.4) is 0 Å². The summed E-state index contributed by atoms with van der Waals surface area (Å²) in [7, 11) is 0.996. The molecule has 1 aliphatic heterocycles. The maximum absolute atomic E-state index is 3.40. The van der Waals surface area contributed by atoms with Gasteiger partial charge in [0.25, 0.3) is 0 Å². The summed E-state index contributed by atoms with van der Waals surface area (Å²) in [5.41, 5.74) is 0.896. The molecule has 0 amide bonds. The summed E-state index contributed by atoms with van der Waals surface area (Å²) in [6, 6.07) is 10.8. The maximum atomic E-state index is 3.40. The van der Waals surface area contributed by atoms with Crippen LogP contribution in [0, 0.1) is 0 Å². The van der Waals surface area contributed by atoms with E-state index in [9.17, 15) is 0 Å². The van der Waals surface area contributed by atoms with Gasteiger partial charge in [0.05, 0.1) is 0 Å². The highest BCUT2D eigenvalue weighted by Gasteiger charge is 2.13. The summed E-state index contributed by atoms with van der Waals surface area (Å²) in [6.07, 6.45) is 1.35. The molecule has 0 spiro atoms. The first-order valence-electron chi connectivity index (χ1n) is 4.47. The van der Waals surface area contributed by atoms with E-state index in [1.165, 1.54) is 24.8 Å². The number of hydrogen-bond donors (Lipinski definition) is 1. The van der Waals surface area contributed by atoms with Gasteiger partial charge in [0.1, 0.15) is 0 Å². The molecule has 1 aromatic carbocycles. The van der Waals surface area contributed by atoms with Gasteiger partial charge in [-0.25, -0.2) is 0 Å². The molecule has 1 aromatic rings. The molecule has 0 aliphatic carbocycles. The van der Waals surface area contributed by atoms with Gasteiger partial charge in [0.2, 0.25) is 0 Å².